The van der Waals surface area contributed by atoms with Crippen molar-refractivity contribution >= 4 is 11.4 Å². The number of hydrogen-bond donors (Lipinski definition) is 0. The number of carbonyl (C=O) groups is 1. The van der Waals surface area contributed by atoms with E-state index in [1.165, 1.54) is 11.1 Å². The Morgan fingerprint density at radius 3 is 1.79 bits per heavy atom. The minimum Gasteiger partial charge on any atom is -0.294 e. The van der Waals surface area contributed by atoms with Gasteiger partial charge in [-0.3, -0.25) is 9.69 Å². The molecule has 2 aliphatic rings. The molecule has 0 aromatic heterocycles. The molecule has 1 aliphatic heterocycles. The zero-order valence-electron chi connectivity index (χ0n) is 15.7. The van der Waals surface area contributed by atoms with Gasteiger partial charge in [0.05, 0.1) is 6.04 Å². The zero-order chi connectivity index (χ0) is 18.9. The van der Waals surface area contributed by atoms with Crippen molar-refractivity contribution in [2.45, 2.75) is 6.04 Å². The van der Waals surface area contributed by atoms with Crippen LogP contribution in [0.15, 0.2) is 97.1 Å². The molecule has 0 spiro atoms. The minimum absolute atomic E-state index is 0.0742. The third kappa shape index (κ3) is 3.00. The molecule has 3 aromatic rings. The summed E-state index contributed by atoms with van der Waals surface area (Å²) in [7, 11) is 0. The fourth-order valence-corrected chi connectivity index (χ4v) is 4.75. The van der Waals surface area contributed by atoms with E-state index in [1.807, 2.05) is 30.3 Å². The number of Topliss-reactive ketones (excluding diaryl/α,β-unsaturated/α-hetero) is 1. The van der Waals surface area contributed by atoms with Gasteiger partial charge in [0.25, 0.3) is 0 Å². The summed E-state index contributed by atoms with van der Waals surface area (Å²) in [5.41, 5.74) is 4.53. The van der Waals surface area contributed by atoms with Crippen LogP contribution in [0.4, 0.5) is 0 Å². The van der Waals surface area contributed by atoms with Crippen molar-refractivity contribution in [2.24, 2.45) is 11.8 Å². The highest BCUT2D eigenvalue weighted by molar-refractivity contribution is 6.24. The molecule has 3 aromatic carbocycles. The van der Waals surface area contributed by atoms with Gasteiger partial charge in [0, 0.05) is 30.5 Å². The SMILES string of the molecule is O=C1C(c2ccccc2)=C[C@H]2CN(C(c3ccccc3)c3ccccc3)C[C@@H]12. The van der Waals surface area contributed by atoms with Crippen molar-refractivity contribution in [3.8, 4) is 0 Å². The van der Waals surface area contributed by atoms with E-state index in [9.17, 15) is 4.79 Å². The third-order valence-corrected chi connectivity index (χ3v) is 6.06. The van der Waals surface area contributed by atoms with Crippen LogP contribution >= 0.6 is 0 Å². The highest BCUT2D eigenvalue weighted by Gasteiger charge is 2.44. The van der Waals surface area contributed by atoms with Crippen LogP contribution in [-0.2, 0) is 4.79 Å². The number of fused-ring (bicyclic) bond motifs is 1. The summed E-state index contributed by atoms with van der Waals surface area (Å²) < 4.78 is 0. The lowest BCUT2D eigenvalue weighted by Crippen LogP contribution is -2.29. The molecule has 0 saturated carbocycles. The molecule has 1 heterocycles. The minimum atomic E-state index is 0.0742. The van der Waals surface area contributed by atoms with Crippen LogP contribution in [0, 0.1) is 11.8 Å². The molecule has 0 amide bonds. The summed E-state index contributed by atoms with van der Waals surface area (Å²) in [6, 6.07) is 31.6. The van der Waals surface area contributed by atoms with Crippen LogP contribution in [0.25, 0.3) is 5.57 Å². The predicted molar refractivity (Wildman–Crippen MR) is 113 cm³/mol. The predicted octanol–water partition coefficient (Wildman–Crippen LogP) is 4.99. The molecule has 0 bridgehead atoms. The fraction of sp³-hybridized carbons (Fsp3) is 0.192. The van der Waals surface area contributed by atoms with Gasteiger partial charge in [-0.2, -0.15) is 0 Å². The number of allylic oxidation sites excluding steroid dienone is 1. The van der Waals surface area contributed by atoms with Gasteiger partial charge in [0.15, 0.2) is 5.78 Å². The van der Waals surface area contributed by atoms with Gasteiger partial charge >= 0.3 is 0 Å². The Hall–Kier alpha value is -2.97. The van der Waals surface area contributed by atoms with Gasteiger partial charge in [-0.15, -0.1) is 0 Å². The lowest BCUT2D eigenvalue weighted by Gasteiger charge is -2.29. The van der Waals surface area contributed by atoms with Crippen LogP contribution in [0.5, 0.6) is 0 Å². The summed E-state index contributed by atoms with van der Waals surface area (Å²) in [6.45, 7) is 1.73. The number of benzene rings is 3. The van der Waals surface area contributed by atoms with Crippen molar-refractivity contribution in [2.75, 3.05) is 13.1 Å². The number of carbonyl (C=O) groups excluding carboxylic acids is 1. The first-order valence-corrected chi connectivity index (χ1v) is 9.96. The van der Waals surface area contributed by atoms with Gasteiger partial charge in [0.2, 0.25) is 0 Å². The van der Waals surface area contributed by atoms with E-state index in [4.69, 9.17) is 0 Å². The number of likely N-dealkylation sites (tertiary alicyclic amines) is 1. The van der Waals surface area contributed by atoms with Crippen molar-refractivity contribution in [1.82, 2.24) is 4.90 Å². The van der Waals surface area contributed by atoms with Crippen LogP contribution in [0.3, 0.4) is 0 Å². The third-order valence-electron chi connectivity index (χ3n) is 6.06. The molecule has 28 heavy (non-hydrogen) atoms. The van der Waals surface area contributed by atoms with Crippen molar-refractivity contribution in [1.29, 1.82) is 0 Å². The van der Waals surface area contributed by atoms with Gasteiger partial charge in [-0.25, -0.2) is 0 Å². The smallest absolute Gasteiger partial charge is 0.168 e. The van der Waals surface area contributed by atoms with Crippen LogP contribution in [0.2, 0.25) is 0 Å². The number of hydrogen-bond acceptors (Lipinski definition) is 2. The molecular weight excluding hydrogens is 342 g/mol. The van der Waals surface area contributed by atoms with E-state index >= 15 is 0 Å². The number of rotatable bonds is 4. The Bertz CT molecular complexity index is 955. The van der Waals surface area contributed by atoms with E-state index in [1.54, 1.807) is 0 Å². The highest BCUT2D eigenvalue weighted by Crippen LogP contribution is 2.42. The molecule has 0 N–H and O–H groups in total. The first kappa shape index (κ1) is 17.2. The zero-order valence-corrected chi connectivity index (χ0v) is 15.7. The van der Waals surface area contributed by atoms with Crippen molar-refractivity contribution < 1.29 is 4.79 Å². The van der Waals surface area contributed by atoms with Gasteiger partial charge in [0.1, 0.15) is 0 Å². The van der Waals surface area contributed by atoms with E-state index in [-0.39, 0.29) is 12.0 Å². The second-order valence-corrected chi connectivity index (χ2v) is 7.76. The molecular formula is C26H23NO. The summed E-state index contributed by atoms with van der Waals surface area (Å²) in [6.07, 6.45) is 2.22. The topological polar surface area (TPSA) is 20.3 Å². The molecule has 138 valence electrons. The molecule has 1 fully saturated rings. The molecule has 0 radical (unpaired) electrons. The van der Waals surface area contributed by atoms with Gasteiger partial charge < -0.3 is 0 Å². The second kappa shape index (κ2) is 7.21. The van der Waals surface area contributed by atoms with E-state index in [2.05, 4.69) is 71.6 Å². The molecule has 0 unspecified atom stereocenters. The number of ketones is 1. The van der Waals surface area contributed by atoms with E-state index in [0.29, 0.717) is 11.7 Å². The largest absolute Gasteiger partial charge is 0.294 e. The van der Waals surface area contributed by atoms with Crippen LogP contribution in [0.1, 0.15) is 22.7 Å². The maximum Gasteiger partial charge on any atom is 0.168 e. The summed E-state index contributed by atoms with van der Waals surface area (Å²) in [4.78, 5) is 15.6. The van der Waals surface area contributed by atoms with E-state index in [0.717, 1.165) is 24.2 Å². The molecule has 2 nitrogen and oxygen atoms in total. The average Bonchev–Trinajstić information content (AvgIpc) is 3.30. The molecule has 2 atom stereocenters. The molecule has 1 aliphatic carbocycles. The van der Waals surface area contributed by atoms with Crippen LogP contribution < -0.4 is 0 Å². The monoisotopic (exact) mass is 365 g/mol. The fourth-order valence-electron chi connectivity index (χ4n) is 4.75. The van der Waals surface area contributed by atoms with Gasteiger partial charge in [-0.1, -0.05) is 97.1 Å². The lowest BCUT2D eigenvalue weighted by atomic mass is 9.96. The van der Waals surface area contributed by atoms with Crippen molar-refractivity contribution in [3.63, 3.8) is 0 Å². The van der Waals surface area contributed by atoms with Crippen LogP contribution in [-0.4, -0.2) is 23.8 Å². The van der Waals surface area contributed by atoms with E-state index < -0.39 is 0 Å². The maximum absolute atomic E-state index is 13.1. The Kier molecular flexibility index (Phi) is 4.42. The lowest BCUT2D eigenvalue weighted by molar-refractivity contribution is -0.116. The number of nitrogens with zero attached hydrogens (tertiary/aromatic N) is 1. The van der Waals surface area contributed by atoms with Gasteiger partial charge in [-0.05, 0) is 16.7 Å². The average molecular weight is 365 g/mol. The first-order valence-electron chi connectivity index (χ1n) is 9.96. The summed E-state index contributed by atoms with van der Waals surface area (Å²) >= 11 is 0. The summed E-state index contributed by atoms with van der Waals surface area (Å²) in [5.74, 6) is 0.682. The molecule has 5 rings (SSSR count). The van der Waals surface area contributed by atoms with Crippen molar-refractivity contribution in [3.05, 3.63) is 114 Å². The Morgan fingerprint density at radius 1 is 0.714 bits per heavy atom. The second-order valence-electron chi connectivity index (χ2n) is 7.76. The Balaban J connectivity index is 1.46. The molecule has 1 saturated heterocycles. The quantitative estimate of drug-likeness (QED) is 0.649. The maximum atomic E-state index is 13.1. The molecule has 2 heteroatoms. The Morgan fingerprint density at radius 2 is 1.25 bits per heavy atom. The standard InChI is InChI=1S/C26H23NO/c28-26-23(19-10-4-1-5-11-19)16-22-17-27(18-24(22)26)25(20-12-6-2-7-13-20)21-14-8-3-9-15-21/h1-16,22,24-25H,17-18H2/t22-,24+/m0/s1. The highest BCUT2D eigenvalue weighted by atomic mass is 16.1. The summed E-state index contributed by atoms with van der Waals surface area (Å²) in [5, 5.41) is 0. The Labute approximate surface area is 166 Å². The first-order chi connectivity index (χ1) is 13.8. The normalized spacial score (nSPS) is 21.8.